The highest BCUT2D eigenvalue weighted by molar-refractivity contribution is 14.1. The number of nitrogens with zero attached hydrogens (tertiary/aromatic N) is 4. The lowest BCUT2D eigenvalue weighted by atomic mass is 10.5. The Bertz CT molecular complexity index is 423. The van der Waals surface area contributed by atoms with E-state index in [4.69, 9.17) is 5.26 Å². The van der Waals surface area contributed by atoms with E-state index in [2.05, 4.69) is 37.5 Å². The van der Waals surface area contributed by atoms with Gasteiger partial charge in [-0.3, -0.25) is 0 Å². The third-order valence-electron chi connectivity index (χ3n) is 1.88. The van der Waals surface area contributed by atoms with Crippen LogP contribution in [0.1, 0.15) is 4.88 Å². The van der Waals surface area contributed by atoms with Crippen molar-refractivity contribution in [2.24, 2.45) is 4.99 Å². The van der Waals surface area contributed by atoms with Crippen LogP contribution in [-0.4, -0.2) is 27.3 Å². The lowest BCUT2D eigenvalue weighted by Gasteiger charge is -2.14. The fourth-order valence-electron chi connectivity index (χ4n) is 1.27. The Hall–Kier alpha value is -0.330. The summed E-state index contributed by atoms with van der Waals surface area (Å²) in [4.78, 5) is 11.3. The summed E-state index contributed by atoms with van der Waals surface area (Å²) in [5.74, 6) is 1.01. The first-order valence-corrected chi connectivity index (χ1v) is 7.12. The molecule has 0 radical (unpaired) electrons. The first-order chi connectivity index (χ1) is 7.29. The van der Waals surface area contributed by atoms with Crippen molar-refractivity contribution in [3.63, 3.8) is 0 Å². The third-order valence-corrected chi connectivity index (χ3v) is 4.58. The molecular weight excluding hydrogens is 343 g/mol. The highest BCUT2D eigenvalue weighted by Crippen LogP contribution is 2.23. The zero-order valence-electron chi connectivity index (χ0n) is 7.68. The van der Waals surface area contributed by atoms with Crippen molar-refractivity contribution >= 4 is 50.9 Å². The van der Waals surface area contributed by atoms with Gasteiger partial charge in [0.25, 0.3) is 0 Å². The Balaban J connectivity index is 2.06. The summed E-state index contributed by atoms with van der Waals surface area (Å²) in [5, 5.41) is 9.36. The fourth-order valence-corrected chi connectivity index (χ4v) is 3.84. The Labute approximate surface area is 110 Å². The third kappa shape index (κ3) is 2.83. The van der Waals surface area contributed by atoms with Gasteiger partial charge in [-0.15, -0.1) is 16.3 Å². The molecule has 7 heteroatoms. The standard InChI is InChI=1S/C8H7IN4S2/c9-7-11-3-6(15-7)4-13-1-2-14-8(13)12-5-10/h3H,1-2,4H2/b12-8+. The Morgan fingerprint density at radius 1 is 1.73 bits per heavy atom. The van der Waals surface area contributed by atoms with E-state index in [1.54, 1.807) is 23.1 Å². The number of thiazole rings is 1. The van der Waals surface area contributed by atoms with Gasteiger partial charge in [-0.1, -0.05) is 11.8 Å². The summed E-state index contributed by atoms with van der Waals surface area (Å²) in [6, 6.07) is 0. The molecule has 1 aromatic rings. The Kier molecular flexibility index (Phi) is 3.82. The zero-order valence-corrected chi connectivity index (χ0v) is 11.5. The molecule has 0 N–H and O–H groups in total. The molecule has 0 unspecified atom stereocenters. The van der Waals surface area contributed by atoms with Crippen LogP contribution in [0.4, 0.5) is 0 Å². The summed E-state index contributed by atoms with van der Waals surface area (Å²) >= 11 is 5.53. The molecule has 1 aliphatic rings. The lowest BCUT2D eigenvalue weighted by Crippen LogP contribution is -2.23. The number of rotatable bonds is 2. The van der Waals surface area contributed by atoms with Crippen molar-refractivity contribution in [1.82, 2.24) is 9.88 Å². The van der Waals surface area contributed by atoms with Gasteiger partial charge in [0.05, 0.1) is 6.54 Å². The first-order valence-electron chi connectivity index (χ1n) is 4.24. The maximum Gasteiger partial charge on any atom is 0.208 e. The average molecular weight is 350 g/mol. The fraction of sp³-hybridized carbons (Fsp3) is 0.375. The molecule has 0 atom stereocenters. The molecule has 1 aromatic heterocycles. The molecule has 0 aliphatic carbocycles. The van der Waals surface area contributed by atoms with Gasteiger partial charge >= 0.3 is 0 Å². The number of aliphatic imine (C=N–C) groups is 1. The second-order valence-electron chi connectivity index (χ2n) is 2.84. The van der Waals surface area contributed by atoms with Gasteiger partial charge in [-0.05, 0) is 22.6 Å². The van der Waals surface area contributed by atoms with Crippen molar-refractivity contribution < 1.29 is 0 Å². The van der Waals surface area contributed by atoms with E-state index in [-0.39, 0.29) is 0 Å². The van der Waals surface area contributed by atoms with E-state index in [1.807, 2.05) is 12.4 Å². The van der Waals surface area contributed by atoms with Crippen molar-refractivity contribution in [2.75, 3.05) is 12.3 Å². The van der Waals surface area contributed by atoms with Gasteiger partial charge in [0.2, 0.25) is 6.19 Å². The predicted molar refractivity (Wildman–Crippen MR) is 70.7 cm³/mol. The smallest absolute Gasteiger partial charge is 0.208 e. The number of thioether (sulfide) groups is 1. The molecule has 0 saturated carbocycles. The second kappa shape index (κ2) is 5.14. The molecule has 1 aliphatic heterocycles. The molecule has 0 bridgehead atoms. The van der Waals surface area contributed by atoms with Crippen molar-refractivity contribution in [3.05, 3.63) is 14.1 Å². The highest BCUT2D eigenvalue weighted by atomic mass is 127. The van der Waals surface area contributed by atoms with E-state index in [1.165, 1.54) is 4.88 Å². The van der Waals surface area contributed by atoms with Crippen LogP contribution >= 0.6 is 45.7 Å². The van der Waals surface area contributed by atoms with Crippen LogP contribution in [0.2, 0.25) is 0 Å². The van der Waals surface area contributed by atoms with Crippen LogP contribution in [0.5, 0.6) is 0 Å². The minimum atomic E-state index is 0.814. The summed E-state index contributed by atoms with van der Waals surface area (Å²) in [5.41, 5.74) is 0. The van der Waals surface area contributed by atoms with Gasteiger partial charge in [0.1, 0.15) is 0 Å². The number of halogens is 1. The minimum absolute atomic E-state index is 0.814. The Morgan fingerprint density at radius 3 is 3.27 bits per heavy atom. The molecule has 2 heterocycles. The monoisotopic (exact) mass is 350 g/mol. The molecule has 78 valence electrons. The first kappa shape index (κ1) is 11.2. The largest absolute Gasteiger partial charge is 0.345 e. The second-order valence-corrected chi connectivity index (χ2v) is 6.77. The SMILES string of the molecule is N#C/N=C1/SCCN1Cc1cnc(I)s1. The van der Waals surface area contributed by atoms with E-state index < -0.39 is 0 Å². The van der Waals surface area contributed by atoms with Crippen LogP contribution in [0.3, 0.4) is 0 Å². The van der Waals surface area contributed by atoms with Gasteiger partial charge in [-0.25, -0.2) is 4.98 Å². The lowest BCUT2D eigenvalue weighted by molar-refractivity contribution is 0.461. The van der Waals surface area contributed by atoms with Crippen LogP contribution in [0, 0.1) is 14.5 Å². The Morgan fingerprint density at radius 2 is 2.60 bits per heavy atom. The van der Waals surface area contributed by atoms with E-state index in [0.29, 0.717) is 0 Å². The number of nitriles is 1. The van der Waals surface area contributed by atoms with Crippen LogP contribution in [-0.2, 0) is 6.54 Å². The maximum atomic E-state index is 8.53. The topological polar surface area (TPSA) is 52.3 Å². The molecule has 0 aromatic carbocycles. The number of hydrogen-bond acceptors (Lipinski definition) is 5. The number of amidine groups is 1. The summed E-state index contributed by atoms with van der Waals surface area (Å²) in [6.45, 7) is 1.77. The molecule has 0 spiro atoms. The van der Waals surface area contributed by atoms with Gasteiger partial charge in [-0.2, -0.15) is 5.26 Å². The molecule has 1 fully saturated rings. The summed E-state index contributed by atoms with van der Waals surface area (Å²) in [7, 11) is 0. The van der Waals surface area contributed by atoms with Crippen LogP contribution < -0.4 is 0 Å². The zero-order chi connectivity index (χ0) is 10.7. The van der Waals surface area contributed by atoms with E-state index in [9.17, 15) is 0 Å². The molecular formula is C8H7IN4S2. The average Bonchev–Trinajstić information content (AvgIpc) is 2.78. The maximum absolute atomic E-state index is 8.53. The van der Waals surface area contributed by atoms with Gasteiger partial charge < -0.3 is 4.90 Å². The van der Waals surface area contributed by atoms with E-state index >= 15 is 0 Å². The predicted octanol–water partition coefficient (Wildman–Crippen LogP) is 2.13. The molecule has 2 rings (SSSR count). The molecule has 1 saturated heterocycles. The summed E-state index contributed by atoms with van der Waals surface area (Å²) in [6.07, 6.45) is 3.73. The molecule has 0 amide bonds. The molecule has 4 nitrogen and oxygen atoms in total. The van der Waals surface area contributed by atoms with Gasteiger partial charge in [0.15, 0.2) is 8.18 Å². The number of aromatic nitrogens is 1. The van der Waals surface area contributed by atoms with Crippen LogP contribution in [0.25, 0.3) is 0 Å². The normalized spacial score (nSPS) is 18.4. The van der Waals surface area contributed by atoms with Gasteiger partial charge in [0, 0.05) is 23.4 Å². The van der Waals surface area contributed by atoms with Crippen molar-refractivity contribution in [1.29, 1.82) is 5.26 Å². The van der Waals surface area contributed by atoms with Crippen molar-refractivity contribution in [3.8, 4) is 6.19 Å². The molecule has 15 heavy (non-hydrogen) atoms. The highest BCUT2D eigenvalue weighted by Gasteiger charge is 2.20. The quantitative estimate of drug-likeness (QED) is 0.606. The van der Waals surface area contributed by atoms with E-state index in [0.717, 1.165) is 27.0 Å². The number of hydrogen-bond donors (Lipinski definition) is 0. The minimum Gasteiger partial charge on any atom is -0.345 e. The summed E-state index contributed by atoms with van der Waals surface area (Å²) < 4.78 is 1.05. The van der Waals surface area contributed by atoms with Crippen LogP contribution in [0.15, 0.2) is 11.2 Å². The van der Waals surface area contributed by atoms with Crippen molar-refractivity contribution in [2.45, 2.75) is 6.54 Å².